The molecule has 0 saturated carbocycles. The molecule has 3 N–H and O–H groups in total. The molecule has 0 fully saturated rings. The van der Waals surface area contributed by atoms with Crippen LogP contribution in [0.25, 0.3) is 10.8 Å². The van der Waals surface area contributed by atoms with Crippen molar-refractivity contribution in [2.24, 2.45) is 5.84 Å². The minimum absolute atomic E-state index is 0.246. The normalized spacial score (nSPS) is 12.5. The molecule has 1 heterocycles. The second-order valence-corrected chi connectivity index (χ2v) is 4.45. The number of aromatic nitrogens is 2. The average molecular weight is 268 g/mol. The van der Waals surface area contributed by atoms with Gasteiger partial charge < -0.3 is 0 Å². The van der Waals surface area contributed by atoms with Crippen LogP contribution in [0.2, 0.25) is 0 Å². The van der Waals surface area contributed by atoms with E-state index < -0.39 is 0 Å². The first-order chi connectivity index (χ1) is 9.81. The predicted molar refractivity (Wildman–Crippen MR) is 75.1 cm³/mol. The summed E-state index contributed by atoms with van der Waals surface area (Å²) < 4.78 is 13.9. The van der Waals surface area contributed by atoms with Crippen molar-refractivity contribution in [1.29, 1.82) is 0 Å². The van der Waals surface area contributed by atoms with E-state index in [4.69, 9.17) is 5.84 Å². The lowest BCUT2D eigenvalue weighted by atomic mass is 9.95. The lowest BCUT2D eigenvalue weighted by Crippen LogP contribution is -2.29. The molecular weight excluding hydrogens is 255 g/mol. The number of fused-ring (bicyclic) bond motifs is 1. The Labute approximate surface area is 115 Å². The molecule has 1 atom stereocenters. The third-order valence-corrected chi connectivity index (χ3v) is 3.30. The zero-order valence-electron chi connectivity index (χ0n) is 10.6. The Kier molecular flexibility index (Phi) is 3.37. The van der Waals surface area contributed by atoms with E-state index in [0.717, 1.165) is 16.5 Å². The Morgan fingerprint density at radius 1 is 1.00 bits per heavy atom. The van der Waals surface area contributed by atoms with Crippen molar-refractivity contribution < 1.29 is 4.39 Å². The fourth-order valence-corrected chi connectivity index (χ4v) is 2.36. The summed E-state index contributed by atoms with van der Waals surface area (Å²) in [5.74, 6) is 5.42. The minimum atomic E-state index is -0.290. The fraction of sp³-hybridized carbons (Fsp3) is 0.0667. The first-order valence-corrected chi connectivity index (χ1v) is 6.19. The monoisotopic (exact) mass is 268 g/mol. The molecule has 0 bridgehead atoms. The molecule has 100 valence electrons. The predicted octanol–water partition coefficient (Wildman–Crippen LogP) is 2.32. The lowest BCUT2D eigenvalue weighted by molar-refractivity contribution is 0.625. The molecule has 1 unspecified atom stereocenters. The molecule has 0 amide bonds. The standard InChI is InChI=1S/C15H13FN4/c16-14-6-5-13(11-3-1-2-4-12(11)14)15(20-17)10-7-18-9-19-8-10/h1-9,15,20H,17H2. The van der Waals surface area contributed by atoms with Crippen LogP contribution in [-0.2, 0) is 0 Å². The number of hydrogen-bond donors (Lipinski definition) is 2. The number of nitrogens with two attached hydrogens (primary N) is 1. The van der Waals surface area contributed by atoms with Crippen molar-refractivity contribution in [1.82, 2.24) is 15.4 Å². The van der Waals surface area contributed by atoms with Gasteiger partial charge in [0.15, 0.2) is 0 Å². The van der Waals surface area contributed by atoms with Crippen molar-refractivity contribution in [3.63, 3.8) is 0 Å². The number of nitrogens with one attached hydrogen (secondary N) is 1. The summed E-state index contributed by atoms with van der Waals surface area (Å²) in [7, 11) is 0. The molecule has 0 aliphatic rings. The smallest absolute Gasteiger partial charge is 0.131 e. The van der Waals surface area contributed by atoms with E-state index in [1.807, 2.05) is 18.2 Å². The highest BCUT2D eigenvalue weighted by molar-refractivity contribution is 5.87. The van der Waals surface area contributed by atoms with Crippen LogP contribution in [0.4, 0.5) is 4.39 Å². The summed E-state index contributed by atoms with van der Waals surface area (Å²) in [6, 6.07) is 10.2. The molecular formula is C15H13FN4. The van der Waals surface area contributed by atoms with E-state index >= 15 is 0 Å². The zero-order chi connectivity index (χ0) is 13.9. The van der Waals surface area contributed by atoms with E-state index in [2.05, 4.69) is 15.4 Å². The maximum atomic E-state index is 13.9. The zero-order valence-corrected chi connectivity index (χ0v) is 10.6. The SMILES string of the molecule is NNC(c1cncnc1)c1ccc(F)c2ccccc12. The molecule has 0 aliphatic heterocycles. The highest BCUT2D eigenvalue weighted by Gasteiger charge is 2.16. The van der Waals surface area contributed by atoms with Crippen molar-refractivity contribution >= 4 is 10.8 Å². The third-order valence-electron chi connectivity index (χ3n) is 3.30. The number of nitrogens with zero attached hydrogens (tertiary/aromatic N) is 2. The molecule has 2 aromatic carbocycles. The molecule has 0 saturated heterocycles. The number of rotatable bonds is 3. The van der Waals surface area contributed by atoms with E-state index in [9.17, 15) is 4.39 Å². The molecule has 0 spiro atoms. The highest BCUT2D eigenvalue weighted by atomic mass is 19.1. The Balaban J connectivity index is 2.21. The maximum Gasteiger partial charge on any atom is 0.131 e. The summed E-state index contributed by atoms with van der Waals surface area (Å²) in [6.07, 6.45) is 4.84. The molecule has 0 aliphatic carbocycles. The highest BCUT2D eigenvalue weighted by Crippen LogP contribution is 2.29. The van der Waals surface area contributed by atoms with Crippen LogP contribution in [0.5, 0.6) is 0 Å². The van der Waals surface area contributed by atoms with Crippen LogP contribution >= 0.6 is 0 Å². The molecule has 20 heavy (non-hydrogen) atoms. The van der Waals surface area contributed by atoms with Gasteiger partial charge in [0.05, 0.1) is 6.04 Å². The van der Waals surface area contributed by atoms with Crippen molar-refractivity contribution in [3.8, 4) is 0 Å². The van der Waals surface area contributed by atoms with Crippen LogP contribution in [0.3, 0.4) is 0 Å². The van der Waals surface area contributed by atoms with Crippen LogP contribution in [-0.4, -0.2) is 9.97 Å². The second kappa shape index (κ2) is 5.32. The van der Waals surface area contributed by atoms with Crippen LogP contribution in [0, 0.1) is 5.82 Å². The topological polar surface area (TPSA) is 63.8 Å². The molecule has 0 radical (unpaired) electrons. The van der Waals surface area contributed by atoms with Gasteiger partial charge in [-0.15, -0.1) is 0 Å². The van der Waals surface area contributed by atoms with Gasteiger partial charge in [-0.2, -0.15) is 0 Å². The van der Waals surface area contributed by atoms with E-state index in [1.54, 1.807) is 24.5 Å². The third kappa shape index (κ3) is 2.13. The van der Waals surface area contributed by atoms with Crippen molar-refractivity contribution in [2.45, 2.75) is 6.04 Å². The van der Waals surface area contributed by atoms with Crippen molar-refractivity contribution in [2.75, 3.05) is 0 Å². The molecule has 3 rings (SSSR count). The Hall–Kier alpha value is -2.37. The van der Waals surface area contributed by atoms with E-state index in [-0.39, 0.29) is 11.9 Å². The van der Waals surface area contributed by atoms with Crippen LogP contribution < -0.4 is 11.3 Å². The van der Waals surface area contributed by atoms with Crippen molar-refractivity contribution in [3.05, 3.63) is 72.1 Å². The largest absolute Gasteiger partial charge is 0.271 e. The number of benzene rings is 2. The summed E-state index contributed by atoms with van der Waals surface area (Å²) in [6.45, 7) is 0. The van der Waals surface area contributed by atoms with Crippen LogP contribution in [0.15, 0.2) is 55.1 Å². The number of hydrogen-bond acceptors (Lipinski definition) is 4. The molecule has 3 aromatic rings. The van der Waals surface area contributed by atoms with Gasteiger partial charge in [-0.05, 0) is 17.0 Å². The van der Waals surface area contributed by atoms with Gasteiger partial charge in [0.1, 0.15) is 12.1 Å². The maximum absolute atomic E-state index is 13.9. The Morgan fingerprint density at radius 2 is 1.70 bits per heavy atom. The molecule has 1 aromatic heterocycles. The van der Waals surface area contributed by atoms with Gasteiger partial charge >= 0.3 is 0 Å². The minimum Gasteiger partial charge on any atom is -0.271 e. The first kappa shape index (κ1) is 12.7. The average Bonchev–Trinajstić information content (AvgIpc) is 2.52. The Bertz CT molecular complexity index is 730. The van der Waals surface area contributed by atoms with E-state index in [1.165, 1.54) is 12.4 Å². The number of hydrazine groups is 1. The molecule has 5 heteroatoms. The number of halogens is 1. The summed E-state index contributed by atoms with van der Waals surface area (Å²) in [5, 5.41) is 1.39. The second-order valence-electron chi connectivity index (χ2n) is 4.45. The first-order valence-electron chi connectivity index (χ1n) is 6.19. The van der Waals surface area contributed by atoms with Crippen LogP contribution in [0.1, 0.15) is 17.2 Å². The lowest BCUT2D eigenvalue weighted by Gasteiger charge is -2.18. The fourth-order valence-electron chi connectivity index (χ4n) is 2.36. The van der Waals surface area contributed by atoms with Gasteiger partial charge in [-0.3, -0.25) is 5.84 Å². The molecule has 4 nitrogen and oxygen atoms in total. The van der Waals surface area contributed by atoms with E-state index in [0.29, 0.717) is 5.39 Å². The van der Waals surface area contributed by atoms with Gasteiger partial charge in [0, 0.05) is 23.3 Å². The van der Waals surface area contributed by atoms with Gasteiger partial charge in [-0.1, -0.05) is 30.3 Å². The Morgan fingerprint density at radius 3 is 2.40 bits per heavy atom. The van der Waals surface area contributed by atoms with Gasteiger partial charge in [0.25, 0.3) is 0 Å². The quantitative estimate of drug-likeness (QED) is 0.565. The van der Waals surface area contributed by atoms with Gasteiger partial charge in [0.2, 0.25) is 0 Å². The van der Waals surface area contributed by atoms with Gasteiger partial charge in [-0.25, -0.2) is 19.8 Å². The summed E-state index contributed by atoms with van der Waals surface area (Å²) in [4.78, 5) is 7.99. The summed E-state index contributed by atoms with van der Waals surface area (Å²) >= 11 is 0. The summed E-state index contributed by atoms with van der Waals surface area (Å²) in [5.41, 5.74) is 4.46.